The highest BCUT2D eigenvalue weighted by molar-refractivity contribution is 6.30. The normalized spacial score (nSPS) is 14.7. The number of nitrogens with zero attached hydrogens (tertiary/aromatic N) is 3. The van der Waals surface area contributed by atoms with Crippen molar-refractivity contribution in [3.05, 3.63) is 46.6 Å². The molecule has 0 bridgehead atoms. The highest BCUT2D eigenvalue weighted by atomic mass is 35.5. The summed E-state index contributed by atoms with van der Waals surface area (Å²) < 4.78 is 5.08. The number of aromatic nitrogens is 2. The summed E-state index contributed by atoms with van der Waals surface area (Å²) >= 11 is 5.93. The Morgan fingerprint density at radius 1 is 1.27 bits per heavy atom. The van der Waals surface area contributed by atoms with E-state index in [-0.39, 0.29) is 0 Å². The molecule has 0 spiro atoms. The third-order valence-corrected chi connectivity index (χ3v) is 4.15. The van der Waals surface area contributed by atoms with E-state index in [1.165, 1.54) is 18.4 Å². The van der Waals surface area contributed by atoms with Gasteiger partial charge in [0.15, 0.2) is 5.82 Å². The summed E-state index contributed by atoms with van der Waals surface area (Å²) in [5, 5.41) is 4.77. The first kappa shape index (κ1) is 15.5. The van der Waals surface area contributed by atoms with Gasteiger partial charge in [-0.3, -0.25) is 4.90 Å². The number of hydrogen-bond donors (Lipinski definition) is 1. The van der Waals surface area contributed by atoms with Gasteiger partial charge in [0.2, 0.25) is 5.89 Å². The molecule has 0 amide bonds. The standard InChI is InChI=1S/C16H21ClN4O/c17-14-5-3-12(4-6-14)7-8-21(10-13-1-2-13)11-15-19-16(9-18)22-20-15/h3-6,13H,1-2,7-11,18H2. The zero-order chi connectivity index (χ0) is 15.4. The summed E-state index contributed by atoms with van der Waals surface area (Å²) in [6, 6.07) is 8.04. The molecular weight excluding hydrogens is 300 g/mol. The Bertz CT molecular complexity index is 594. The molecule has 2 aromatic rings. The molecule has 0 radical (unpaired) electrons. The number of benzene rings is 1. The second kappa shape index (κ2) is 7.22. The fourth-order valence-corrected chi connectivity index (χ4v) is 2.60. The maximum Gasteiger partial charge on any atom is 0.240 e. The van der Waals surface area contributed by atoms with Crippen LogP contribution in [0.4, 0.5) is 0 Å². The van der Waals surface area contributed by atoms with Crippen molar-refractivity contribution < 1.29 is 4.52 Å². The van der Waals surface area contributed by atoms with Crippen LogP contribution in [0.5, 0.6) is 0 Å². The largest absolute Gasteiger partial charge is 0.338 e. The van der Waals surface area contributed by atoms with Gasteiger partial charge in [-0.05, 0) is 42.9 Å². The van der Waals surface area contributed by atoms with E-state index >= 15 is 0 Å². The van der Waals surface area contributed by atoms with Gasteiger partial charge >= 0.3 is 0 Å². The Balaban J connectivity index is 1.57. The molecule has 22 heavy (non-hydrogen) atoms. The van der Waals surface area contributed by atoms with E-state index in [1.54, 1.807) is 0 Å². The highest BCUT2D eigenvalue weighted by Gasteiger charge is 2.25. The van der Waals surface area contributed by atoms with Crippen molar-refractivity contribution in [1.82, 2.24) is 15.0 Å². The van der Waals surface area contributed by atoms with Crippen LogP contribution < -0.4 is 5.73 Å². The van der Waals surface area contributed by atoms with Crippen molar-refractivity contribution in [2.75, 3.05) is 13.1 Å². The molecule has 1 aromatic heterocycles. The summed E-state index contributed by atoms with van der Waals surface area (Å²) in [6.07, 6.45) is 3.65. The molecule has 0 atom stereocenters. The van der Waals surface area contributed by atoms with E-state index in [9.17, 15) is 0 Å². The van der Waals surface area contributed by atoms with Gasteiger partial charge in [-0.15, -0.1) is 0 Å². The van der Waals surface area contributed by atoms with Crippen molar-refractivity contribution >= 4 is 11.6 Å². The van der Waals surface area contributed by atoms with Gasteiger partial charge < -0.3 is 10.3 Å². The fraction of sp³-hybridized carbons (Fsp3) is 0.500. The second-order valence-corrected chi connectivity index (χ2v) is 6.30. The van der Waals surface area contributed by atoms with Crippen LogP contribution in [0.25, 0.3) is 0 Å². The van der Waals surface area contributed by atoms with Gasteiger partial charge in [-0.2, -0.15) is 4.98 Å². The minimum Gasteiger partial charge on any atom is -0.338 e. The van der Waals surface area contributed by atoms with Crippen LogP contribution in [0.2, 0.25) is 5.02 Å². The molecule has 0 aliphatic heterocycles. The van der Waals surface area contributed by atoms with Crippen molar-refractivity contribution in [3.8, 4) is 0 Å². The molecular formula is C16H21ClN4O. The van der Waals surface area contributed by atoms with Gasteiger partial charge in [0.25, 0.3) is 0 Å². The molecule has 1 saturated carbocycles. The summed E-state index contributed by atoms with van der Waals surface area (Å²) in [4.78, 5) is 6.70. The molecule has 1 heterocycles. The van der Waals surface area contributed by atoms with Crippen molar-refractivity contribution in [2.24, 2.45) is 11.7 Å². The van der Waals surface area contributed by atoms with E-state index in [0.29, 0.717) is 19.0 Å². The second-order valence-electron chi connectivity index (χ2n) is 5.86. The molecule has 3 rings (SSSR count). The third kappa shape index (κ3) is 4.53. The lowest BCUT2D eigenvalue weighted by atomic mass is 10.1. The quantitative estimate of drug-likeness (QED) is 0.809. The van der Waals surface area contributed by atoms with Crippen molar-refractivity contribution in [3.63, 3.8) is 0 Å². The molecule has 1 aliphatic rings. The van der Waals surface area contributed by atoms with Gasteiger partial charge in [0, 0.05) is 18.1 Å². The molecule has 1 aromatic carbocycles. The first-order valence-electron chi connectivity index (χ1n) is 7.71. The number of rotatable bonds is 8. The molecule has 1 aliphatic carbocycles. The Morgan fingerprint density at radius 3 is 2.68 bits per heavy atom. The fourth-order valence-electron chi connectivity index (χ4n) is 2.48. The zero-order valence-corrected chi connectivity index (χ0v) is 13.3. The van der Waals surface area contributed by atoms with E-state index in [0.717, 1.165) is 36.3 Å². The van der Waals surface area contributed by atoms with Crippen LogP contribution in [0.3, 0.4) is 0 Å². The Hall–Kier alpha value is -1.43. The summed E-state index contributed by atoms with van der Waals surface area (Å²) in [6.45, 7) is 3.08. The number of halogens is 1. The molecule has 5 nitrogen and oxygen atoms in total. The van der Waals surface area contributed by atoms with E-state index in [4.69, 9.17) is 21.9 Å². The summed E-state index contributed by atoms with van der Waals surface area (Å²) in [7, 11) is 0. The van der Waals surface area contributed by atoms with Crippen LogP contribution in [0.15, 0.2) is 28.8 Å². The average molecular weight is 321 g/mol. The maximum atomic E-state index is 5.93. The van der Waals surface area contributed by atoms with Crippen LogP contribution in [-0.2, 0) is 19.5 Å². The molecule has 6 heteroatoms. The van der Waals surface area contributed by atoms with Gasteiger partial charge in [0.05, 0.1) is 13.1 Å². The van der Waals surface area contributed by atoms with Crippen LogP contribution in [-0.4, -0.2) is 28.1 Å². The summed E-state index contributed by atoms with van der Waals surface area (Å²) in [5.74, 6) is 2.04. The Kier molecular flexibility index (Phi) is 5.08. The molecule has 0 saturated heterocycles. The average Bonchev–Trinajstić information content (AvgIpc) is 3.22. The van der Waals surface area contributed by atoms with Gasteiger partial charge in [-0.25, -0.2) is 0 Å². The Labute approximate surface area is 135 Å². The minimum absolute atomic E-state index is 0.292. The third-order valence-electron chi connectivity index (χ3n) is 3.89. The van der Waals surface area contributed by atoms with E-state index < -0.39 is 0 Å². The molecule has 118 valence electrons. The zero-order valence-electron chi connectivity index (χ0n) is 12.5. The molecule has 1 fully saturated rings. The van der Waals surface area contributed by atoms with Crippen molar-refractivity contribution in [2.45, 2.75) is 32.4 Å². The topological polar surface area (TPSA) is 68.2 Å². The maximum absolute atomic E-state index is 5.93. The van der Waals surface area contributed by atoms with Crippen LogP contribution >= 0.6 is 11.6 Å². The minimum atomic E-state index is 0.292. The van der Waals surface area contributed by atoms with Crippen LogP contribution in [0, 0.1) is 5.92 Å². The van der Waals surface area contributed by atoms with E-state index in [1.807, 2.05) is 12.1 Å². The molecule has 0 unspecified atom stereocenters. The predicted octanol–water partition coefficient (Wildman–Crippen LogP) is 2.64. The lowest BCUT2D eigenvalue weighted by Crippen LogP contribution is -2.28. The van der Waals surface area contributed by atoms with Gasteiger partial charge in [0.1, 0.15) is 0 Å². The van der Waals surface area contributed by atoms with Gasteiger partial charge in [-0.1, -0.05) is 28.9 Å². The SMILES string of the molecule is NCc1nc(CN(CCc2ccc(Cl)cc2)CC2CC2)no1. The van der Waals surface area contributed by atoms with Crippen molar-refractivity contribution in [1.29, 1.82) is 0 Å². The Morgan fingerprint density at radius 2 is 2.05 bits per heavy atom. The first-order chi connectivity index (χ1) is 10.7. The number of nitrogens with two attached hydrogens (primary N) is 1. The van der Waals surface area contributed by atoms with Crippen LogP contribution in [0.1, 0.15) is 30.1 Å². The number of hydrogen-bond acceptors (Lipinski definition) is 5. The monoisotopic (exact) mass is 320 g/mol. The highest BCUT2D eigenvalue weighted by Crippen LogP contribution is 2.30. The summed E-state index contributed by atoms with van der Waals surface area (Å²) in [5.41, 5.74) is 6.80. The predicted molar refractivity (Wildman–Crippen MR) is 85.3 cm³/mol. The lowest BCUT2D eigenvalue weighted by Gasteiger charge is -2.20. The first-order valence-corrected chi connectivity index (χ1v) is 8.09. The van der Waals surface area contributed by atoms with E-state index in [2.05, 4.69) is 27.2 Å². The smallest absolute Gasteiger partial charge is 0.240 e. The molecule has 2 N–H and O–H groups in total. The lowest BCUT2D eigenvalue weighted by molar-refractivity contribution is 0.247.